The van der Waals surface area contributed by atoms with Crippen LogP contribution in [0.5, 0.6) is 11.5 Å². The number of rotatable bonds is 5. The number of hydrogen-bond acceptors (Lipinski definition) is 6. The molecule has 0 saturated carbocycles. The molecule has 6 heteroatoms. The second-order valence-corrected chi connectivity index (χ2v) is 5.19. The molecule has 0 aliphatic carbocycles. The van der Waals surface area contributed by atoms with E-state index in [0.29, 0.717) is 22.5 Å². The fraction of sp³-hybridized carbons (Fsp3) is 0.286. The van der Waals surface area contributed by atoms with Gasteiger partial charge < -0.3 is 15.2 Å². The zero-order valence-electron chi connectivity index (χ0n) is 11.7. The largest absolute Gasteiger partial charge is 0.493 e. The summed E-state index contributed by atoms with van der Waals surface area (Å²) in [4.78, 5) is 8.70. The van der Waals surface area contributed by atoms with Gasteiger partial charge in [-0.1, -0.05) is 18.7 Å². The van der Waals surface area contributed by atoms with Gasteiger partial charge in [-0.3, -0.25) is 0 Å². The van der Waals surface area contributed by atoms with Crippen molar-refractivity contribution >= 4 is 17.6 Å². The molecule has 5 nitrogen and oxygen atoms in total. The molecule has 2 aromatic rings. The van der Waals surface area contributed by atoms with E-state index in [1.54, 1.807) is 32.0 Å². The van der Waals surface area contributed by atoms with Gasteiger partial charge in [0.2, 0.25) is 0 Å². The van der Waals surface area contributed by atoms with Crippen LogP contribution in [0.1, 0.15) is 6.92 Å². The molecule has 0 atom stereocenters. The highest BCUT2D eigenvalue weighted by Gasteiger charge is 2.09. The molecule has 20 heavy (non-hydrogen) atoms. The molecule has 0 aliphatic heterocycles. The van der Waals surface area contributed by atoms with E-state index < -0.39 is 0 Å². The van der Waals surface area contributed by atoms with Crippen LogP contribution in [-0.4, -0.2) is 29.9 Å². The molecule has 0 amide bonds. The summed E-state index contributed by atoms with van der Waals surface area (Å²) in [5, 5.41) is 0.678. The number of aromatic nitrogens is 2. The quantitative estimate of drug-likeness (QED) is 0.674. The lowest BCUT2D eigenvalue weighted by Crippen LogP contribution is -1.98. The molecule has 2 N–H and O–H groups in total. The van der Waals surface area contributed by atoms with Gasteiger partial charge in [-0.2, -0.15) is 0 Å². The minimum Gasteiger partial charge on any atom is -0.493 e. The van der Waals surface area contributed by atoms with E-state index in [0.717, 1.165) is 17.0 Å². The van der Waals surface area contributed by atoms with Crippen LogP contribution in [0.15, 0.2) is 29.4 Å². The summed E-state index contributed by atoms with van der Waals surface area (Å²) in [6, 6.07) is 7.39. The third kappa shape index (κ3) is 3.14. The fourth-order valence-corrected chi connectivity index (χ4v) is 2.37. The van der Waals surface area contributed by atoms with Crippen LogP contribution in [0, 0.1) is 0 Å². The number of nitrogen functional groups attached to an aromatic ring is 1. The van der Waals surface area contributed by atoms with Crippen molar-refractivity contribution in [3.05, 3.63) is 24.3 Å². The SMILES string of the molecule is CCSc1nc(N)cc(-c2ccc(OC)c(OC)c2)n1. The molecule has 0 fully saturated rings. The molecular weight excluding hydrogens is 274 g/mol. The van der Waals surface area contributed by atoms with Crippen LogP contribution >= 0.6 is 11.8 Å². The Morgan fingerprint density at radius 2 is 1.85 bits per heavy atom. The highest BCUT2D eigenvalue weighted by molar-refractivity contribution is 7.99. The first-order chi connectivity index (χ1) is 9.67. The van der Waals surface area contributed by atoms with E-state index in [9.17, 15) is 0 Å². The maximum atomic E-state index is 5.83. The Kier molecular flexibility index (Phi) is 4.68. The molecule has 0 unspecified atom stereocenters. The van der Waals surface area contributed by atoms with Crippen molar-refractivity contribution in [3.63, 3.8) is 0 Å². The number of methoxy groups -OCH3 is 2. The van der Waals surface area contributed by atoms with Crippen molar-refractivity contribution in [2.75, 3.05) is 25.7 Å². The van der Waals surface area contributed by atoms with Gasteiger partial charge in [-0.15, -0.1) is 0 Å². The van der Waals surface area contributed by atoms with Gasteiger partial charge in [0.15, 0.2) is 16.7 Å². The summed E-state index contributed by atoms with van der Waals surface area (Å²) in [5.74, 6) is 2.70. The topological polar surface area (TPSA) is 70.3 Å². The van der Waals surface area contributed by atoms with Gasteiger partial charge in [0.1, 0.15) is 5.82 Å². The first kappa shape index (κ1) is 14.5. The molecule has 1 aromatic heterocycles. The average Bonchev–Trinajstić information content (AvgIpc) is 2.46. The average molecular weight is 291 g/mol. The van der Waals surface area contributed by atoms with Crippen molar-refractivity contribution in [2.24, 2.45) is 0 Å². The number of ether oxygens (including phenoxy) is 2. The molecule has 2 rings (SSSR count). The van der Waals surface area contributed by atoms with Crippen LogP contribution < -0.4 is 15.2 Å². The van der Waals surface area contributed by atoms with Gasteiger partial charge >= 0.3 is 0 Å². The summed E-state index contributed by atoms with van der Waals surface area (Å²) in [5.41, 5.74) is 7.52. The Balaban J connectivity index is 2.45. The lowest BCUT2D eigenvalue weighted by molar-refractivity contribution is 0.355. The normalized spacial score (nSPS) is 10.3. The van der Waals surface area contributed by atoms with E-state index in [-0.39, 0.29) is 0 Å². The maximum absolute atomic E-state index is 5.83. The molecule has 0 saturated heterocycles. The van der Waals surface area contributed by atoms with Gasteiger partial charge in [0.05, 0.1) is 19.9 Å². The third-order valence-electron chi connectivity index (χ3n) is 2.68. The summed E-state index contributed by atoms with van der Waals surface area (Å²) in [7, 11) is 3.21. The Morgan fingerprint density at radius 3 is 2.50 bits per heavy atom. The Labute approximate surface area is 122 Å². The van der Waals surface area contributed by atoms with Crippen molar-refractivity contribution < 1.29 is 9.47 Å². The molecular formula is C14H17N3O2S. The van der Waals surface area contributed by atoms with E-state index in [2.05, 4.69) is 9.97 Å². The zero-order chi connectivity index (χ0) is 14.5. The number of benzene rings is 1. The van der Waals surface area contributed by atoms with Crippen molar-refractivity contribution in [2.45, 2.75) is 12.1 Å². The van der Waals surface area contributed by atoms with Crippen molar-refractivity contribution in [3.8, 4) is 22.8 Å². The van der Waals surface area contributed by atoms with Crippen LogP contribution in [0.3, 0.4) is 0 Å². The van der Waals surface area contributed by atoms with E-state index in [4.69, 9.17) is 15.2 Å². The van der Waals surface area contributed by atoms with Crippen molar-refractivity contribution in [1.29, 1.82) is 0 Å². The highest BCUT2D eigenvalue weighted by Crippen LogP contribution is 2.32. The smallest absolute Gasteiger partial charge is 0.190 e. The number of nitrogens with two attached hydrogens (primary N) is 1. The summed E-state index contributed by atoms with van der Waals surface area (Å²) in [6.45, 7) is 2.05. The fourth-order valence-electron chi connectivity index (χ4n) is 1.78. The molecule has 1 heterocycles. The molecule has 0 bridgehead atoms. The minimum absolute atomic E-state index is 0.459. The van der Waals surface area contributed by atoms with Crippen LogP contribution in [0.2, 0.25) is 0 Å². The number of anilines is 1. The van der Waals surface area contributed by atoms with Crippen LogP contribution in [0.4, 0.5) is 5.82 Å². The summed E-state index contributed by atoms with van der Waals surface area (Å²) < 4.78 is 10.5. The number of hydrogen-bond donors (Lipinski definition) is 1. The second-order valence-electron chi connectivity index (χ2n) is 3.96. The zero-order valence-corrected chi connectivity index (χ0v) is 12.5. The second kappa shape index (κ2) is 6.47. The van der Waals surface area contributed by atoms with Gasteiger partial charge in [0.25, 0.3) is 0 Å². The van der Waals surface area contributed by atoms with E-state index in [1.165, 1.54) is 0 Å². The van der Waals surface area contributed by atoms with Crippen molar-refractivity contribution in [1.82, 2.24) is 9.97 Å². The molecule has 0 aliphatic rings. The number of thioether (sulfide) groups is 1. The predicted molar refractivity (Wildman–Crippen MR) is 81.4 cm³/mol. The molecule has 0 radical (unpaired) electrons. The Bertz CT molecular complexity index is 605. The summed E-state index contributed by atoms with van der Waals surface area (Å²) >= 11 is 1.56. The van der Waals surface area contributed by atoms with Crippen LogP contribution in [0.25, 0.3) is 11.3 Å². The van der Waals surface area contributed by atoms with Gasteiger partial charge in [0, 0.05) is 11.6 Å². The maximum Gasteiger partial charge on any atom is 0.190 e. The lowest BCUT2D eigenvalue weighted by atomic mass is 10.1. The Morgan fingerprint density at radius 1 is 1.10 bits per heavy atom. The van der Waals surface area contributed by atoms with E-state index in [1.807, 2.05) is 25.1 Å². The van der Waals surface area contributed by atoms with Crippen LogP contribution in [-0.2, 0) is 0 Å². The minimum atomic E-state index is 0.459. The molecule has 1 aromatic carbocycles. The standard InChI is InChI=1S/C14H17N3O2S/c1-4-20-14-16-10(8-13(15)17-14)9-5-6-11(18-2)12(7-9)19-3/h5-8H,4H2,1-3H3,(H2,15,16,17). The Hall–Kier alpha value is -1.95. The predicted octanol–water partition coefficient (Wildman–Crippen LogP) is 2.86. The molecule has 106 valence electrons. The number of nitrogens with zero attached hydrogens (tertiary/aromatic N) is 2. The highest BCUT2D eigenvalue weighted by atomic mass is 32.2. The first-order valence-corrected chi connectivity index (χ1v) is 7.16. The molecule has 0 spiro atoms. The van der Waals surface area contributed by atoms with Gasteiger partial charge in [-0.05, 0) is 24.0 Å². The third-order valence-corrected chi connectivity index (χ3v) is 3.41. The first-order valence-electron chi connectivity index (χ1n) is 6.17. The van der Waals surface area contributed by atoms with Gasteiger partial charge in [-0.25, -0.2) is 9.97 Å². The summed E-state index contributed by atoms with van der Waals surface area (Å²) in [6.07, 6.45) is 0. The monoisotopic (exact) mass is 291 g/mol. The van der Waals surface area contributed by atoms with E-state index >= 15 is 0 Å². The lowest BCUT2D eigenvalue weighted by Gasteiger charge is -2.10.